The molecule has 0 spiro atoms. The number of carbonyl (C=O) groups is 2. The Bertz CT molecular complexity index is 560. The Hall–Kier alpha value is -2.08. The third-order valence-electron chi connectivity index (χ3n) is 3.81. The van der Waals surface area contributed by atoms with E-state index in [4.69, 9.17) is 4.74 Å². The number of hydrogen-bond donors (Lipinski definition) is 3. The minimum absolute atomic E-state index is 0.125. The van der Waals surface area contributed by atoms with E-state index in [1.807, 2.05) is 45.0 Å². The van der Waals surface area contributed by atoms with Crippen LogP contribution in [0.25, 0.3) is 0 Å². The van der Waals surface area contributed by atoms with Gasteiger partial charge in [0, 0.05) is 12.2 Å². The second-order valence-electron chi connectivity index (χ2n) is 6.19. The molecule has 1 fully saturated rings. The first kappa shape index (κ1) is 17.3. The zero-order chi connectivity index (χ0) is 16.8. The van der Waals surface area contributed by atoms with Gasteiger partial charge in [0.05, 0.1) is 12.7 Å². The summed E-state index contributed by atoms with van der Waals surface area (Å²) in [6, 6.07) is 6.62. The Kier molecular flexibility index (Phi) is 5.98. The van der Waals surface area contributed by atoms with Crippen molar-refractivity contribution in [3.05, 3.63) is 29.8 Å². The molecule has 0 saturated carbocycles. The van der Waals surface area contributed by atoms with Gasteiger partial charge in [-0.25, -0.2) is 4.79 Å². The molecule has 6 heteroatoms. The Morgan fingerprint density at radius 1 is 1.43 bits per heavy atom. The lowest BCUT2D eigenvalue weighted by atomic mass is 9.94. The van der Waals surface area contributed by atoms with Gasteiger partial charge >= 0.3 is 6.03 Å². The largest absolute Gasteiger partial charge is 0.374 e. The number of piperidine rings is 1. The second kappa shape index (κ2) is 7.97. The maximum atomic E-state index is 12.1. The highest BCUT2D eigenvalue weighted by Gasteiger charge is 2.30. The number of amides is 3. The summed E-state index contributed by atoms with van der Waals surface area (Å²) >= 11 is 0. The van der Waals surface area contributed by atoms with E-state index in [1.54, 1.807) is 0 Å². The van der Waals surface area contributed by atoms with Gasteiger partial charge in [-0.3, -0.25) is 4.79 Å². The van der Waals surface area contributed by atoms with Crippen molar-refractivity contribution < 1.29 is 14.3 Å². The molecule has 1 aliphatic heterocycles. The molecule has 2 rings (SSSR count). The summed E-state index contributed by atoms with van der Waals surface area (Å²) < 4.78 is 5.56. The maximum Gasteiger partial charge on any atom is 0.319 e. The SMILES string of the molecule is CC(C)OCc1cccc(NC(=O)N[C@@H]2C(=O)NCC[C@@H]2C)c1. The minimum atomic E-state index is -0.490. The average Bonchev–Trinajstić information content (AvgIpc) is 2.49. The summed E-state index contributed by atoms with van der Waals surface area (Å²) in [5.74, 6) is -0.00161. The van der Waals surface area contributed by atoms with Crippen molar-refractivity contribution in [2.45, 2.75) is 45.9 Å². The Morgan fingerprint density at radius 3 is 2.91 bits per heavy atom. The first-order valence-electron chi connectivity index (χ1n) is 8.01. The van der Waals surface area contributed by atoms with Gasteiger partial charge in [-0.1, -0.05) is 19.1 Å². The van der Waals surface area contributed by atoms with Crippen LogP contribution >= 0.6 is 0 Å². The summed E-state index contributed by atoms with van der Waals surface area (Å²) in [5.41, 5.74) is 1.66. The van der Waals surface area contributed by atoms with Gasteiger partial charge in [0.25, 0.3) is 0 Å². The molecular weight excluding hydrogens is 294 g/mol. The number of urea groups is 1. The van der Waals surface area contributed by atoms with Crippen molar-refractivity contribution in [1.82, 2.24) is 10.6 Å². The Balaban J connectivity index is 1.92. The van der Waals surface area contributed by atoms with Gasteiger partial charge < -0.3 is 20.7 Å². The molecule has 1 saturated heterocycles. The van der Waals surface area contributed by atoms with E-state index in [1.165, 1.54) is 0 Å². The predicted octanol–water partition coefficient (Wildman–Crippen LogP) is 2.26. The summed E-state index contributed by atoms with van der Waals surface area (Å²) in [7, 11) is 0. The number of carbonyl (C=O) groups excluding carboxylic acids is 2. The standard InChI is InChI=1S/C17H25N3O3/c1-11(2)23-10-13-5-4-6-14(9-13)19-17(22)20-15-12(3)7-8-18-16(15)21/h4-6,9,11-12,15H,7-8,10H2,1-3H3,(H,18,21)(H2,19,20,22)/t12-,15-/m0/s1. The molecule has 6 nitrogen and oxygen atoms in total. The lowest BCUT2D eigenvalue weighted by Gasteiger charge is -2.28. The lowest BCUT2D eigenvalue weighted by Crippen LogP contribution is -2.55. The summed E-state index contributed by atoms with van der Waals surface area (Å²) in [5, 5.41) is 8.29. The van der Waals surface area contributed by atoms with E-state index in [9.17, 15) is 9.59 Å². The van der Waals surface area contributed by atoms with Gasteiger partial charge in [-0.05, 0) is 43.9 Å². The van der Waals surface area contributed by atoms with Crippen LogP contribution in [0.4, 0.5) is 10.5 Å². The molecule has 126 valence electrons. The predicted molar refractivity (Wildman–Crippen MR) is 89.1 cm³/mol. The van der Waals surface area contributed by atoms with Gasteiger partial charge in [-0.2, -0.15) is 0 Å². The van der Waals surface area contributed by atoms with Crippen LogP contribution in [0, 0.1) is 5.92 Å². The molecule has 0 radical (unpaired) electrons. The van der Waals surface area contributed by atoms with E-state index < -0.39 is 6.04 Å². The molecule has 0 aliphatic carbocycles. The van der Waals surface area contributed by atoms with Crippen LogP contribution in [-0.2, 0) is 16.1 Å². The molecule has 1 aromatic carbocycles. The van der Waals surface area contributed by atoms with Crippen LogP contribution in [0.15, 0.2) is 24.3 Å². The zero-order valence-electron chi connectivity index (χ0n) is 13.9. The highest BCUT2D eigenvalue weighted by molar-refractivity contribution is 5.94. The normalized spacial score (nSPS) is 21.0. The number of benzene rings is 1. The fourth-order valence-electron chi connectivity index (χ4n) is 2.48. The van der Waals surface area contributed by atoms with Crippen molar-refractivity contribution in [3.8, 4) is 0 Å². The average molecular weight is 319 g/mol. The molecule has 1 heterocycles. The van der Waals surface area contributed by atoms with Crippen LogP contribution in [-0.4, -0.2) is 30.6 Å². The third-order valence-corrected chi connectivity index (χ3v) is 3.81. The van der Waals surface area contributed by atoms with Crippen LogP contribution < -0.4 is 16.0 Å². The Labute approximate surface area is 137 Å². The molecule has 1 aromatic rings. The van der Waals surface area contributed by atoms with E-state index in [-0.39, 0.29) is 24.0 Å². The smallest absolute Gasteiger partial charge is 0.319 e. The van der Waals surface area contributed by atoms with Gasteiger partial charge in [0.1, 0.15) is 6.04 Å². The topological polar surface area (TPSA) is 79.5 Å². The summed E-state index contributed by atoms with van der Waals surface area (Å²) in [4.78, 5) is 23.9. The number of rotatable bonds is 5. The first-order chi connectivity index (χ1) is 11.0. The van der Waals surface area contributed by atoms with Crippen LogP contribution in [0.5, 0.6) is 0 Å². The second-order valence-corrected chi connectivity index (χ2v) is 6.19. The van der Waals surface area contributed by atoms with E-state index >= 15 is 0 Å². The van der Waals surface area contributed by atoms with Gasteiger partial charge in [0.2, 0.25) is 5.91 Å². The van der Waals surface area contributed by atoms with Crippen LogP contribution in [0.3, 0.4) is 0 Å². The molecule has 3 amide bonds. The first-order valence-corrected chi connectivity index (χ1v) is 8.01. The van der Waals surface area contributed by atoms with Crippen LogP contribution in [0.1, 0.15) is 32.8 Å². The van der Waals surface area contributed by atoms with Crippen molar-refractivity contribution in [2.24, 2.45) is 5.92 Å². The zero-order valence-corrected chi connectivity index (χ0v) is 13.9. The fraction of sp³-hybridized carbons (Fsp3) is 0.529. The molecule has 23 heavy (non-hydrogen) atoms. The highest BCUT2D eigenvalue weighted by Crippen LogP contribution is 2.14. The monoisotopic (exact) mass is 319 g/mol. The number of hydrogen-bond acceptors (Lipinski definition) is 3. The Morgan fingerprint density at radius 2 is 2.22 bits per heavy atom. The number of ether oxygens (including phenoxy) is 1. The molecule has 0 aromatic heterocycles. The fourth-order valence-corrected chi connectivity index (χ4v) is 2.48. The molecule has 1 aliphatic rings. The van der Waals surface area contributed by atoms with Crippen molar-refractivity contribution >= 4 is 17.6 Å². The number of nitrogens with one attached hydrogen (secondary N) is 3. The van der Waals surface area contributed by atoms with Crippen molar-refractivity contribution in [1.29, 1.82) is 0 Å². The van der Waals surface area contributed by atoms with Gasteiger partial charge in [-0.15, -0.1) is 0 Å². The number of anilines is 1. The quantitative estimate of drug-likeness (QED) is 0.779. The molecule has 0 bridgehead atoms. The molecular formula is C17H25N3O3. The molecule has 3 N–H and O–H groups in total. The summed E-state index contributed by atoms with van der Waals surface area (Å²) in [6.07, 6.45) is 1.01. The minimum Gasteiger partial charge on any atom is -0.374 e. The van der Waals surface area contributed by atoms with Crippen LogP contribution in [0.2, 0.25) is 0 Å². The van der Waals surface area contributed by atoms with Crippen molar-refractivity contribution in [3.63, 3.8) is 0 Å². The van der Waals surface area contributed by atoms with Gasteiger partial charge in [0.15, 0.2) is 0 Å². The summed E-state index contributed by atoms with van der Waals surface area (Å²) in [6.45, 7) is 7.08. The highest BCUT2D eigenvalue weighted by atomic mass is 16.5. The molecule has 2 atom stereocenters. The lowest BCUT2D eigenvalue weighted by molar-refractivity contribution is -0.125. The van der Waals surface area contributed by atoms with E-state index in [2.05, 4.69) is 16.0 Å². The molecule has 0 unspecified atom stereocenters. The maximum absolute atomic E-state index is 12.1. The third kappa shape index (κ3) is 5.25. The van der Waals surface area contributed by atoms with Crippen molar-refractivity contribution in [2.75, 3.05) is 11.9 Å². The van der Waals surface area contributed by atoms with E-state index in [0.29, 0.717) is 18.8 Å². The van der Waals surface area contributed by atoms with E-state index in [0.717, 1.165) is 12.0 Å².